The lowest BCUT2D eigenvalue weighted by Gasteiger charge is -2.18. The molecule has 0 saturated carbocycles. The molecule has 1 N–H and O–H groups in total. The summed E-state index contributed by atoms with van der Waals surface area (Å²) in [5.41, 5.74) is 0. The van der Waals surface area contributed by atoms with E-state index in [-0.39, 0.29) is 38.4 Å². The van der Waals surface area contributed by atoms with Crippen LogP contribution in [0.5, 0.6) is 0 Å². The van der Waals surface area contributed by atoms with Crippen LogP contribution in [0.15, 0.2) is 12.7 Å². The summed E-state index contributed by atoms with van der Waals surface area (Å²) < 4.78 is 20.4. The number of aliphatic hydroxyl groups excluding tert-OH is 1. The van der Waals surface area contributed by atoms with Gasteiger partial charge in [-0.1, -0.05) is 6.58 Å². The second-order valence-electron chi connectivity index (χ2n) is 4.94. The van der Waals surface area contributed by atoms with Crippen LogP contribution >= 0.6 is 0 Å². The summed E-state index contributed by atoms with van der Waals surface area (Å²) in [7, 11) is 0. The molecule has 0 aliphatic carbocycles. The summed E-state index contributed by atoms with van der Waals surface area (Å²) in [6.07, 6.45) is 0.0572. The van der Waals surface area contributed by atoms with Crippen LogP contribution in [0.2, 0.25) is 0 Å². The lowest BCUT2D eigenvalue weighted by Crippen LogP contribution is -2.26. The fraction of sp³-hybridized carbons (Fsp3) is 0.733. The van der Waals surface area contributed by atoms with Crippen LogP contribution in [0.3, 0.4) is 0 Å². The van der Waals surface area contributed by atoms with Gasteiger partial charge in [0, 0.05) is 6.08 Å². The lowest BCUT2D eigenvalue weighted by molar-refractivity contribution is -0.151. The Hall–Kier alpha value is -1.44. The zero-order chi connectivity index (χ0) is 17.0. The van der Waals surface area contributed by atoms with Crippen LogP contribution in [0.1, 0.15) is 27.2 Å². The highest BCUT2D eigenvalue weighted by atomic mass is 16.6. The molecular formula is C15H26O7. The van der Waals surface area contributed by atoms with Crippen LogP contribution in [0.25, 0.3) is 0 Å². The first-order valence-electron chi connectivity index (χ1n) is 7.21. The minimum Gasteiger partial charge on any atom is -0.463 e. The van der Waals surface area contributed by atoms with Gasteiger partial charge in [-0.15, -0.1) is 0 Å². The van der Waals surface area contributed by atoms with Gasteiger partial charge in [-0.2, -0.15) is 0 Å². The maximum atomic E-state index is 11.4. The van der Waals surface area contributed by atoms with Gasteiger partial charge in [0.05, 0.1) is 37.9 Å². The smallest absolute Gasteiger partial charge is 0.330 e. The van der Waals surface area contributed by atoms with Crippen molar-refractivity contribution in [3.63, 3.8) is 0 Å². The van der Waals surface area contributed by atoms with Crippen LogP contribution in [-0.4, -0.2) is 61.8 Å². The Kier molecular flexibility index (Phi) is 11.3. The molecule has 0 saturated heterocycles. The normalized spacial score (nSPS) is 14.7. The van der Waals surface area contributed by atoms with E-state index in [0.29, 0.717) is 6.61 Å². The first-order chi connectivity index (χ1) is 10.3. The molecule has 0 aliphatic rings. The molecule has 0 bridgehead atoms. The fourth-order valence-electron chi connectivity index (χ4n) is 1.28. The summed E-state index contributed by atoms with van der Waals surface area (Å²) >= 11 is 0. The second-order valence-corrected chi connectivity index (χ2v) is 4.94. The van der Waals surface area contributed by atoms with E-state index < -0.39 is 18.0 Å². The van der Waals surface area contributed by atoms with Crippen molar-refractivity contribution in [2.75, 3.05) is 26.4 Å². The summed E-state index contributed by atoms with van der Waals surface area (Å²) in [4.78, 5) is 22.1. The second kappa shape index (κ2) is 12.1. The molecule has 128 valence electrons. The molecule has 0 aliphatic heterocycles. The Labute approximate surface area is 131 Å². The zero-order valence-electron chi connectivity index (χ0n) is 13.4. The SMILES string of the molecule is C=CC(=O)OCCC(=O)OCC(C)OCC(C)OCC(C)O. The molecule has 0 heterocycles. The van der Waals surface area contributed by atoms with Gasteiger partial charge in [0.25, 0.3) is 0 Å². The number of carbonyl (C=O) groups is 2. The standard InChI is InChI=1S/C15H26O7/c1-5-14(17)19-7-6-15(18)22-10-13(4)21-9-12(3)20-8-11(2)16/h5,11-13,16H,1,6-10H2,2-4H3. The lowest BCUT2D eigenvalue weighted by atomic mass is 10.4. The molecule has 0 aromatic rings. The molecular weight excluding hydrogens is 292 g/mol. The number of ether oxygens (including phenoxy) is 4. The van der Waals surface area contributed by atoms with Crippen LogP contribution < -0.4 is 0 Å². The molecule has 7 nitrogen and oxygen atoms in total. The van der Waals surface area contributed by atoms with Crippen LogP contribution in [0, 0.1) is 0 Å². The first kappa shape index (κ1) is 20.6. The number of hydrogen-bond acceptors (Lipinski definition) is 7. The molecule has 7 heteroatoms. The minimum atomic E-state index is -0.573. The third-order valence-electron chi connectivity index (χ3n) is 2.43. The van der Waals surface area contributed by atoms with Gasteiger partial charge in [0.1, 0.15) is 13.2 Å². The number of rotatable bonds is 12. The molecule has 0 fully saturated rings. The van der Waals surface area contributed by atoms with Gasteiger partial charge in [0.15, 0.2) is 0 Å². The van der Waals surface area contributed by atoms with Crippen molar-refractivity contribution < 1.29 is 33.6 Å². The average molecular weight is 318 g/mol. The molecule has 22 heavy (non-hydrogen) atoms. The van der Waals surface area contributed by atoms with E-state index in [0.717, 1.165) is 6.08 Å². The molecule has 0 aromatic carbocycles. The summed E-state index contributed by atoms with van der Waals surface area (Å²) in [5, 5.41) is 9.08. The van der Waals surface area contributed by atoms with Crippen molar-refractivity contribution in [1.82, 2.24) is 0 Å². The highest BCUT2D eigenvalue weighted by molar-refractivity contribution is 5.81. The van der Waals surface area contributed by atoms with Gasteiger partial charge in [0.2, 0.25) is 0 Å². The van der Waals surface area contributed by atoms with Crippen molar-refractivity contribution in [2.24, 2.45) is 0 Å². The zero-order valence-corrected chi connectivity index (χ0v) is 13.4. The monoisotopic (exact) mass is 318 g/mol. The predicted molar refractivity (Wildman–Crippen MR) is 79.2 cm³/mol. The Morgan fingerprint density at radius 3 is 2.23 bits per heavy atom. The van der Waals surface area contributed by atoms with E-state index >= 15 is 0 Å². The highest BCUT2D eigenvalue weighted by Crippen LogP contribution is 2.00. The Morgan fingerprint density at radius 2 is 1.64 bits per heavy atom. The quantitative estimate of drug-likeness (QED) is 0.421. The van der Waals surface area contributed by atoms with Gasteiger partial charge in [-0.05, 0) is 20.8 Å². The van der Waals surface area contributed by atoms with Gasteiger partial charge < -0.3 is 24.1 Å². The van der Waals surface area contributed by atoms with Crippen molar-refractivity contribution in [3.8, 4) is 0 Å². The van der Waals surface area contributed by atoms with E-state index in [4.69, 9.17) is 19.3 Å². The number of hydrogen-bond donors (Lipinski definition) is 1. The van der Waals surface area contributed by atoms with E-state index in [1.165, 1.54) is 0 Å². The molecule has 3 atom stereocenters. The third-order valence-corrected chi connectivity index (χ3v) is 2.43. The molecule has 3 unspecified atom stereocenters. The van der Waals surface area contributed by atoms with Crippen molar-refractivity contribution in [2.45, 2.75) is 45.5 Å². The van der Waals surface area contributed by atoms with E-state index in [2.05, 4.69) is 11.3 Å². The number of carbonyl (C=O) groups excluding carboxylic acids is 2. The van der Waals surface area contributed by atoms with Crippen LogP contribution in [-0.2, 0) is 28.5 Å². The van der Waals surface area contributed by atoms with Crippen molar-refractivity contribution in [1.29, 1.82) is 0 Å². The van der Waals surface area contributed by atoms with Gasteiger partial charge >= 0.3 is 11.9 Å². The number of aliphatic hydroxyl groups is 1. The first-order valence-corrected chi connectivity index (χ1v) is 7.21. The van der Waals surface area contributed by atoms with E-state index in [9.17, 15) is 9.59 Å². The fourth-order valence-corrected chi connectivity index (χ4v) is 1.28. The van der Waals surface area contributed by atoms with Gasteiger partial charge in [-0.3, -0.25) is 4.79 Å². The maximum Gasteiger partial charge on any atom is 0.330 e. The number of esters is 2. The molecule has 0 radical (unpaired) electrons. The van der Waals surface area contributed by atoms with Crippen molar-refractivity contribution in [3.05, 3.63) is 12.7 Å². The summed E-state index contributed by atoms with van der Waals surface area (Å²) in [5.74, 6) is -1.04. The maximum absolute atomic E-state index is 11.4. The van der Waals surface area contributed by atoms with Gasteiger partial charge in [-0.25, -0.2) is 4.79 Å². The average Bonchev–Trinajstić information content (AvgIpc) is 2.48. The largest absolute Gasteiger partial charge is 0.463 e. The molecule has 0 spiro atoms. The summed E-state index contributed by atoms with van der Waals surface area (Å²) in [6.45, 7) is 9.14. The van der Waals surface area contributed by atoms with E-state index in [1.807, 2.05) is 6.92 Å². The van der Waals surface area contributed by atoms with Crippen molar-refractivity contribution >= 4 is 11.9 Å². The minimum absolute atomic E-state index is 0.0137. The van der Waals surface area contributed by atoms with E-state index in [1.54, 1.807) is 13.8 Å². The Bertz CT molecular complexity index is 341. The van der Waals surface area contributed by atoms with Crippen LogP contribution in [0.4, 0.5) is 0 Å². The summed E-state index contributed by atoms with van der Waals surface area (Å²) in [6, 6.07) is 0. The molecule has 0 rings (SSSR count). The highest BCUT2D eigenvalue weighted by Gasteiger charge is 2.11. The topological polar surface area (TPSA) is 91.3 Å². The molecule has 0 amide bonds. The Morgan fingerprint density at radius 1 is 1.05 bits per heavy atom. The Balaban J connectivity index is 3.66. The third kappa shape index (κ3) is 12.3. The molecule has 0 aromatic heterocycles. The predicted octanol–water partition coefficient (Wildman–Crippen LogP) is 0.840.